The van der Waals surface area contributed by atoms with Crippen LogP contribution in [0.5, 0.6) is 0 Å². The molecule has 1 atom stereocenters. The third-order valence-electron chi connectivity index (χ3n) is 4.96. The first kappa shape index (κ1) is 24.9. The van der Waals surface area contributed by atoms with Crippen LogP contribution in [0.2, 0.25) is 0 Å². The van der Waals surface area contributed by atoms with E-state index in [0.29, 0.717) is 19.6 Å². The average Bonchev–Trinajstić information content (AvgIpc) is 3.20. The van der Waals surface area contributed by atoms with Gasteiger partial charge < -0.3 is 20.1 Å². The summed E-state index contributed by atoms with van der Waals surface area (Å²) >= 11 is 0. The molecule has 8 heteroatoms. The zero-order valence-corrected chi connectivity index (χ0v) is 17.7. The first-order valence-electron chi connectivity index (χ1n) is 9.96. The molecule has 7 nitrogen and oxygen atoms in total. The molecule has 0 bridgehead atoms. The molecule has 1 amide bonds. The smallest absolute Gasteiger partial charge is 0.323 e. The molecule has 1 aromatic rings. The van der Waals surface area contributed by atoms with Crippen LogP contribution in [0.4, 0.5) is 0 Å². The second-order valence-electron chi connectivity index (χ2n) is 7.05. The second-order valence-corrected chi connectivity index (χ2v) is 7.05. The van der Waals surface area contributed by atoms with E-state index < -0.39 is 12.0 Å². The Morgan fingerprint density at radius 3 is 2.45 bits per heavy atom. The number of carbonyl (C=O) groups excluding carboxylic acids is 2. The molecule has 162 valence electrons. The van der Waals surface area contributed by atoms with Gasteiger partial charge in [-0.15, -0.1) is 12.4 Å². The number of nitrogens with one attached hydrogen (secondary N) is 1. The number of aliphatic carboxylic acids is 1. The first-order valence-corrected chi connectivity index (χ1v) is 9.96. The van der Waals surface area contributed by atoms with Crippen molar-refractivity contribution in [3.8, 4) is 0 Å². The number of carboxylic acids is 1. The summed E-state index contributed by atoms with van der Waals surface area (Å²) in [6.07, 6.45) is 4.28. The van der Waals surface area contributed by atoms with Crippen molar-refractivity contribution in [3.05, 3.63) is 35.9 Å². The summed E-state index contributed by atoms with van der Waals surface area (Å²) in [5.74, 6) is -1.55. The molecular weight excluding hydrogens is 396 g/mol. The average molecular weight is 427 g/mol. The lowest BCUT2D eigenvalue weighted by Crippen LogP contribution is -2.52. The van der Waals surface area contributed by atoms with Crippen LogP contribution in [0.15, 0.2) is 30.3 Å². The summed E-state index contributed by atoms with van der Waals surface area (Å²) in [6.45, 7) is 2.07. The summed E-state index contributed by atoms with van der Waals surface area (Å²) in [7, 11) is 0. The van der Waals surface area contributed by atoms with Crippen molar-refractivity contribution in [1.29, 1.82) is 0 Å². The van der Waals surface area contributed by atoms with E-state index in [1.54, 1.807) is 6.92 Å². The van der Waals surface area contributed by atoms with E-state index in [1.807, 2.05) is 30.3 Å². The predicted molar refractivity (Wildman–Crippen MR) is 112 cm³/mol. The van der Waals surface area contributed by atoms with Crippen LogP contribution in [0, 0.1) is 0 Å². The van der Waals surface area contributed by atoms with Gasteiger partial charge >= 0.3 is 11.9 Å². The van der Waals surface area contributed by atoms with Crippen molar-refractivity contribution in [2.75, 3.05) is 19.7 Å². The minimum absolute atomic E-state index is 0. The van der Waals surface area contributed by atoms with Gasteiger partial charge in [0.2, 0.25) is 5.91 Å². The summed E-state index contributed by atoms with van der Waals surface area (Å²) in [4.78, 5) is 37.7. The van der Waals surface area contributed by atoms with Gasteiger partial charge in [0.25, 0.3) is 0 Å². The summed E-state index contributed by atoms with van der Waals surface area (Å²) in [5.41, 5.74) is 0.978. The van der Waals surface area contributed by atoms with E-state index in [-0.39, 0.29) is 43.3 Å². The van der Waals surface area contributed by atoms with Crippen molar-refractivity contribution >= 4 is 30.3 Å². The van der Waals surface area contributed by atoms with Gasteiger partial charge in [0.1, 0.15) is 6.54 Å². The SMILES string of the molecule is CCOC(=O)CCN[C@@H](Cc1ccccc1)C(=O)N(CC(=O)O)C1CCCC1.Cl. The second kappa shape index (κ2) is 13.2. The highest BCUT2D eigenvalue weighted by molar-refractivity contribution is 5.86. The van der Waals surface area contributed by atoms with Gasteiger partial charge in [0, 0.05) is 12.6 Å². The van der Waals surface area contributed by atoms with Crippen molar-refractivity contribution in [3.63, 3.8) is 0 Å². The van der Waals surface area contributed by atoms with E-state index in [4.69, 9.17) is 4.74 Å². The van der Waals surface area contributed by atoms with Crippen LogP contribution in [0.3, 0.4) is 0 Å². The number of amides is 1. The van der Waals surface area contributed by atoms with Crippen molar-refractivity contribution in [2.24, 2.45) is 0 Å². The van der Waals surface area contributed by atoms with Crippen molar-refractivity contribution in [2.45, 2.75) is 57.5 Å². The third-order valence-corrected chi connectivity index (χ3v) is 4.96. The van der Waals surface area contributed by atoms with Gasteiger partial charge in [-0.25, -0.2) is 0 Å². The molecule has 29 heavy (non-hydrogen) atoms. The number of hydrogen-bond acceptors (Lipinski definition) is 5. The largest absolute Gasteiger partial charge is 0.480 e. The molecule has 0 saturated heterocycles. The number of hydrogen-bond donors (Lipinski definition) is 2. The molecule has 0 aliphatic heterocycles. The molecule has 2 rings (SSSR count). The molecule has 0 unspecified atom stereocenters. The fourth-order valence-electron chi connectivity index (χ4n) is 3.63. The van der Waals surface area contributed by atoms with Crippen molar-refractivity contribution in [1.82, 2.24) is 10.2 Å². The summed E-state index contributed by atoms with van der Waals surface area (Å²) in [5, 5.41) is 12.4. The van der Waals surface area contributed by atoms with Crippen LogP contribution in [-0.2, 0) is 25.5 Å². The number of carboxylic acid groups (broad SMARTS) is 1. The Morgan fingerprint density at radius 1 is 1.21 bits per heavy atom. The maximum atomic E-state index is 13.3. The van der Waals surface area contributed by atoms with E-state index in [0.717, 1.165) is 31.2 Å². The molecule has 0 heterocycles. The minimum atomic E-state index is -1.01. The third kappa shape index (κ3) is 8.41. The Hall–Kier alpha value is -2.12. The molecule has 1 aromatic carbocycles. The van der Waals surface area contributed by atoms with E-state index in [2.05, 4.69) is 5.32 Å². The molecule has 2 N–H and O–H groups in total. The van der Waals surface area contributed by atoms with Gasteiger partial charge in [-0.05, 0) is 31.7 Å². The molecule has 0 spiro atoms. The fraction of sp³-hybridized carbons (Fsp3) is 0.571. The van der Waals surface area contributed by atoms with Crippen LogP contribution >= 0.6 is 12.4 Å². The minimum Gasteiger partial charge on any atom is -0.480 e. The van der Waals surface area contributed by atoms with Crippen LogP contribution in [-0.4, -0.2) is 59.6 Å². The molecule has 0 radical (unpaired) electrons. The standard InChI is InChI=1S/C21H30N2O5.ClH/c1-2-28-20(26)12-13-22-18(14-16-8-4-3-5-9-16)21(27)23(15-19(24)25)17-10-6-7-11-17;/h3-5,8-9,17-18,22H,2,6-7,10-15H2,1H3,(H,24,25);1H/t18-;/m0./s1. The molecule has 1 fully saturated rings. The van der Waals surface area contributed by atoms with Gasteiger partial charge in [0.05, 0.1) is 19.1 Å². The molecular formula is C21H31ClN2O5. The molecule has 0 aromatic heterocycles. The normalized spacial score (nSPS) is 14.7. The predicted octanol–water partition coefficient (Wildman–Crippen LogP) is 2.42. The fourth-order valence-corrected chi connectivity index (χ4v) is 3.63. The number of halogens is 1. The molecule has 1 aliphatic carbocycles. The quantitative estimate of drug-likeness (QED) is 0.527. The van der Waals surface area contributed by atoms with Crippen LogP contribution in [0.25, 0.3) is 0 Å². The Morgan fingerprint density at radius 2 is 1.86 bits per heavy atom. The molecule has 1 saturated carbocycles. The number of rotatable bonds is 11. The lowest BCUT2D eigenvalue weighted by Gasteiger charge is -2.31. The zero-order chi connectivity index (χ0) is 20.4. The Kier molecular flexibility index (Phi) is 11.3. The Labute approximate surface area is 178 Å². The highest BCUT2D eigenvalue weighted by Crippen LogP contribution is 2.24. The van der Waals surface area contributed by atoms with Crippen LogP contribution < -0.4 is 5.32 Å². The summed E-state index contributed by atoms with van der Waals surface area (Å²) < 4.78 is 4.93. The molecule has 1 aliphatic rings. The first-order chi connectivity index (χ1) is 13.5. The number of carbonyl (C=O) groups is 3. The highest BCUT2D eigenvalue weighted by atomic mass is 35.5. The van der Waals surface area contributed by atoms with Gasteiger partial charge in [-0.2, -0.15) is 0 Å². The topological polar surface area (TPSA) is 95.9 Å². The van der Waals surface area contributed by atoms with Gasteiger partial charge in [0.15, 0.2) is 0 Å². The van der Waals surface area contributed by atoms with E-state index in [1.165, 1.54) is 4.90 Å². The Bertz CT molecular complexity index is 650. The summed E-state index contributed by atoms with van der Waals surface area (Å²) in [6, 6.07) is 8.96. The number of nitrogens with zero attached hydrogens (tertiary/aromatic N) is 1. The monoisotopic (exact) mass is 426 g/mol. The van der Waals surface area contributed by atoms with Crippen LogP contribution in [0.1, 0.15) is 44.6 Å². The van der Waals surface area contributed by atoms with Crippen molar-refractivity contribution < 1.29 is 24.2 Å². The van der Waals surface area contributed by atoms with Gasteiger partial charge in [-0.3, -0.25) is 14.4 Å². The van der Waals surface area contributed by atoms with Gasteiger partial charge in [-0.1, -0.05) is 43.2 Å². The zero-order valence-electron chi connectivity index (χ0n) is 16.8. The number of ether oxygens (including phenoxy) is 1. The maximum Gasteiger partial charge on any atom is 0.323 e. The number of esters is 1. The highest BCUT2D eigenvalue weighted by Gasteiger charge is 2.32. The maximum absolute atomic E-state index is 13.3. The van der Waals surface area contributed by atoms with E-state index >= 15 is 0 Å². The van der Waals surface area contributed by atoms with E-state index in [9.17, 15) is 19.5 Å². The Balaban J connectivity index is 0.00000420. The lowest BCUT2D eigenvalue weighted by molar-refractivity contribution is -0.147. The number of benzene rings is 1. The lowest BCUT2D eigenvalue weighted by atomic mass is 10.0.